The number of aromatic amines is 1. The Balaban J connectivity index is 1.29. The first-order valence-electron chi connectivity index (χ1n) is 8.98. The van der Waals surface area contributed by atoms with Crippen LogP contribution in [0.5, 0.6) is 5.75 Å². The van der Waals surface area contributed by atoms with Crippen molar-refractivity contribution in [3.05, 3.63) is 77.3 Å². The molecule has 4 aromatic rings. The van der Waals surface area contributed by atoms with E-state index in [1.807, 2.05) is 36.4 Å². The standard InChI is InChI=1S/C22H21ClN2O2/c23-16-7-5-15(6-8-16)22(26)14-24-11-12-27-17-9-10-19-18-3-1-2-4-20(18)25-21(19)13-17/h1-10,13,22,24-26H,11-12,14H2. The van der Waals surface area contributed by atoms with Crippen LogP contribution in [0.1, 0.15) is 11.7 Å². The number of nitrogens with one attached hydrogen (secondary N) is 2. The Bertz CT molecular complexity index is 1040. The third-order valence-electron chi connectivity index (χ3n) is 4.62. The van der Waals surface area contributed by atoms with Crippen molar-refractivity contribution in [3.63, 3.8) is 0 Å². The quantitative estimate of drug-likeness (QED) is 0.408. The lowest BCUT2D eigenvalue weighted by Crippen LogP contribution is -2.26. The predicted molar refractivity (Wildman–Crippen MR) is 111 cm³/mol. The Morgan fingerprint density at radius 2 is 1.74 bits per heavy atom. The van der Waals surface area contributed by atoms with E-state index in [0.717, 1.165) is 22.3 Å². The van der Waals surface area contributed by atoms with Gasteiger partial charge in [0.1, 0.15) is 12.4 Å². The van der Waals surface area contributed by atoms with E-state index in [1.165, 1.54) is 10.8 Å². The average Bonchev–Trinajstić information content (AvgIpc) is 3.06. The molecule has 1 aromatic heterocycles. The Morgan fingerprint density at radius 3 is 2.59 bits per heavy atom. The number of H-pyrrole nitrogens is 1. The van der Waals surface area contributed by atoms with Crippen LogP contribution < -0.4 is 10.1 Å². The summed E-state index contributed by atoms with van der Waals surface area (Å²) in [6.45, 7) is 1.64. The lowest BCUT2D eigenvalue weighted by molar-refractivity contribution is 0.172. The van der Waals surface area contributed by atoms with Crippen molar-refractivity contribution < 1.29 is 9.84 Å². The van der Waals surface area contributed by atoms with E-state index in [0.29, 0.717) is 24.7 Å². The number of rotatable bonds is 7. The van der Waals surface area contributed by atoms with E-state index in [-0.39, 0.29) is 0 Å². The van der Waals surface area contributed by atoms with Crippen molar-refractivity contribution in [1.82, 2.24) is 10.3 Å². The summed E-state index contributed by atoms with van der Waals surface area (Å²) in [5, 5.41) is 16.5. The van der Waals surface area contributed by atoms with Gasteiger partial charge in [0.15, 0.2) is 0 Å². The second-order valence-corrected chi connectivity index (χ2v) is 6.93. The molecule has 0 aliphatic heterocycles. The van der Waals surface area contributed by atoms with E-state index in [4.69, 9.17) is 16.3 Å². The number of halogens is 1. The van der Waals surface area contributed by atoms with Crippen molar-refractivity contribution in [2.24, 2.45) is 0 Å². The number of hydrogen-bond acceptors (Lipinski definition) is 3. The van der Waals surface area contributed by atoms with Gasteiger partial charge in [0, 0.05) is 40.5 Å². The van der Waals surface area contributed by atoms with Crippen LogP contribution in [0.15, 0.2) is 66.7 Å². The summed E-state index contributed by atoms with van der Waals surface area (Å²) in [6, 6.07) is 21.6. The molecule has 1 heterocycles. The van der Waals surface area contributed by atoms with Crippen molar-refractivity contribution >= 4 is 33.4 Å². The number of benzene rings is 3. The maximum atomic E-state index is 10.2. The summed E-state index contributed by atoms with van der Waals surface area (Å²) >= 11 is 5.86. The molecule has 1 unspecified atom stereocenters. The van der Waals surface area contributed by atoms with Gasteiger partial charge in [-0.25, -0.2) is 0 Å². The fourth-order valence-corrected chi connectivity index (χ4v) is 3.33. The summed E-state index contributed by atoms with van der Waals surface area (Å²) in [4.78, 5) is 3.42. The minimum absolute atomic E-state index is 0.464. The Hall–Kier alpha value is -2.53. The van der Waals surface area contributed by atoms with Crippen LogP contribution in [0.2, 0.25) is 5.02 Å². The molecule has 5 heteroatoms. The molecule has 0 saturated carbocycles. The fraction of sp³-hybridized carbons (Fsp3) is 0.182. The second kappa shape index (κ2) is 8.01. The molecule has 4 rings (SSSR count). The molecule has 0 aliphatic carbocycles. The van der Waals surface area contributed by atoms with Gasteiger partial charge in [-0.15, -0.1) is 0 Å². The molecule has 1 atom stereocenters. The minimum atomic E-state index is -0.565. The van der Waals surface area contributed by atoms with Crippen LogP contribution in [0.25, 0.3) is 21.8 Å². The zero-order valence-corrected chi connectivity index (χ0v) is 15.5. The van der Waals surface area contributed by atoms with Crippen LogP contribution in [0.3, 0.4) is 0 Å². The fourth-order valence-electron chi connectivity index (χ4n) is 3.21. The van der Waals surface area contributed by atoms with E-state index < -0.39 is 6.10 Å². The zero-order valence-electron chi connectivity index (χ0n) is 14.8. The van der Waals surface area contributed by atoms with Gasteiger partial charge in [0.25, 0.3) is 0 Å². The maximum absolute atomic E-state index is 10.2. The number of hydrogen-bond donors (Lipinski definition) is 3. The number of aliphatic hydroxyl groups excluding tert-OH is 1. The molecule has 0 bridgehead atoms. The third-order valence-corrected chi connectivity index (χ3v) is 4.87. The van der Waals surface area contributed by atoms with Gasteiger partial charge < -0.3 is 20.1 Å². The average molecular weight is 381 g/mol. The molecule has 27 heavy (non-hydrogen) atoms. The summed E-state index contributed by atoms with van der Waals surface area (Å²) in [5.41, 5.74) is 3.04. The van der Waals surface area contributed by atoms with E-state index >= 15 is 0 Å². The van der Waals surface area contributed by atoms with E-state index in [9.17, 15) is 5.11 Å². The second-order valence-electron chi connectivity index (χ2n) is 6.50. The van der Waals surface area contributed by atoms with Gasteiger partial charge in [0.05, 0.1) is 11.6 Å². The summed E-state index contributed by atoms with van der Waals surface area (Å²) < 4.78 is 5.83. The Kier molecular flexibility index (Phi) is 5.30. The highest BCUT2D eigenvalue weighted by Gasteiger charge is 2.07. The first-order chi connectivity index (χ1) is 13.2. The molecule has 0 spiro atoms. The number of fused-ring (bicyclic) bond motifs is 3. The van der Waals surface area contributed by atoms with Crippen molar-refractivity contribution in [1.29, 1.82) is 0 Å². The number of aromatic nitrogens is 1. The summed E-state index contributed by atoms with van der Waals surface area (Å²) in [6.07, 6.45) is -0.565. The summed E-state index contributed by atoms with van der Waals surface area (Å²) in [7, 11) is 0. The largest absolute Gasteiger partial charge is 0.492 e. The third kappa shape index (κ3) is 4.08. The van der Waals surface area contributed by atoms with Crippen LogP contribution in [0.4, 0.5) is 0 Å². The number of para-hydroxylation sites is 1. The van der Waals surface area contributed by atoms with Gasteiger partial charge in [-0.1, -0.05) is 41.9 Å². The van der Waals surface area contributed by atoms with Gasteiger partial charge >= 0.3 is 0 Å². The molecule has 0 fully saturated rings. The smallest absolute Gasteiger partial charge is 0.121 e. The van der Waals surface area contributed by atoms with Gasteiger partial charge in [-0.05, 0) is 35.9 Å². The topological polar surface area (TPSA) is 57.3 Å². The molecule has 138 valence electrons. The number of ether oxygens (including phenoxy) is 1. The molecular formula is C22H21ClN2O2. The summed E-state index contributed by atoms with van der Waals surface area (Å²) in [5.74, 6) is 0.828. The highest BCUT2D eigenvalue weighted by Crippen LogP contribution is 2.28. The van der Waals surface area contributed by atoms with Crippen molar-refractivity contribution in [2.45, 2.75) is 6.10 Å². The molecule has 0 aliphatic rings. The highest BCUT2D eigenvalue weighted by atomic mass is 35.5. The molecule has 0 radical (unpaired) electrons. The molecule has 4 nitrogen and oxygen atoms in total. The van der Waals surface area contributed by atoms with Crippen LogP contribution in [-0.2, 0) is 0 Å². The molecule has 0 amide bonds. The normalized spacial score (nSPS) is 12.5. The Morgan fingerprint density at radius 1 is 0.963 bits per heavy atom. The SMILES string of the molecule is OC(CNCCOc1ccc2c(c1)[nH]c1ccccc12)c1ccc(Cl)cc1. The Labute approximate surface area is 162 Å². The van der Waals surface area contributed by atoms with Crippen LogP contribution >= 0.6 is 11.6 Å². The zero-order chi connectivity index (χ0) is 18.6. The van der Waals surface area contributed by atoms with Gasteiger partial charge in [0.2, 0.25) is 0 Å². The van der Waals surface area contributed by atoms with Crippen LogP contribution in [0, 0.1) is 0 Å². The van der Waals surface area contributed by atoms with Crippen molar-refractivity contribution in [3.8, 4) is 5.75 Å². The van der Waals surface area contributed by atoms with E-state index in [1.54, 1.807) is 12.1 Å². The lowest BCUT2D eigenvalue weighted by atomic mass is 10.1. The molecule has 3 aromatic carbocycles. The van der Waals surface area contributed by atoms with Gasteiger partial charge in [-0.2, -0.15) is 0 Å². The predicted octanol–water partition coefficient (Wildman–Crippen LogP) is 4.68. The first-order valence-corrected chi connectivity index (χ1v) is 9.36. The lowest BCUT2D eigenvalue weighted by Gasteiger charge is -2.13. The first kappa shape index (κ1) is 17.9. The molecule has 3 N–H and O–H groups in total. The van der Waals surface area contributed by atoms with Crippen LogP contribution in [-0.4, -0.2) is 29.8 Å². The van der Waals surface area contributed by atoms with E-state index in [2.05, 4.69) is 28.5 Å². The monoisotopic (exact) mass is 380 g/mol. The highest BCUT2D eigenvalue weighted by molar-refractivity contribution is 6.30. The van der Waals surface area contributed by atoms with Crippen molar-refractivity contribution in [2.75, 3.05) is 19.7 Å². The molecular weight excluding hydrogens is 360 g/mol. The number of aliphatic hydroxyl groups is 1. The minimum Gasteiger partial charge on any atom is -0.492 e. The maximum Gasteiger partial charge on any atom is 0.121 e. The van der Waals surface area contributed by atoms with Gasteiger partial charge in [-0.3, -0.25) is 0 Å². The molecule has 0 saturated heterocycles.